The summed E-state index contributed by atoms with van der Waals surface area (Å²) in [4.78, 5) is 11.8. The lowest BCUT2D eigenvalue weighted by Crippen LogP contribution is -2.27. The fourth-order valence-corrected chi connectivity index (χ4v) is 3.16. The summed E-state index contributed by atoms with van der Waals surface area (Å²) in [6, 6.07) is 6.97. The van der Waals surface area contributed by atoms with Crippen LogP contribution in [0.2, 0.25) is 5.02 Å². The topological polar surface area (TPSA) is 49.3 Å². The van der Waals surface area contributed by atoms with E-state index in [1.165, 1.54) is 5.57 Å². The molecule has 5 heteroatoms. The molecule has 1 heterocycles. The Kier molecular flexibility index (Phi) is 5.95. The molecule has 1 atom stereocenters. The minimum atomic E-state index is -0.712. The summed E-state index contributed by atoms with van der Waals surface area (Å²) in [6.45, 7) is 0.207. The van der Waals surface area contributed by atoms with Crippen LogP contribution in [0, 0.1) is 0 Å². The molecule has 1 fully saturated rings. The lowest BCUT2D eigenvalue weighted by molar-refractivity contribution is -0.117. The van der Waals surface area contributed by atoms with Crippen molar-refractivity contribution in [3.05, 3.63) is 46.5 Å². The molecule has 1 saturated heterocycles. The van der Waals surface area contributed by atoms with Gasteiger partial charge in [-0.05, 0) is 42.0 Å². The van der Waals surface area contributed by atoms with Crippen LogP contribution in [0.15, 0.2) is 35.9 Å². The standard InChI is InChI=1S/C15H18ClNO2S/c16-13-3-1-12(2-4-13)14(18)10-17-15(19)9-11-5-7-20-8-6-11/h1-4,9,14,18H,5-8,10H2,(H,17,19). The highest BCUT2D eigenvalue weighted by molar-refractivity contribution is 7.99. The molecule has 0 radical (unpaired) electrons. The molecule has 0 aliphatic carbocycles. The highest BCUT2D eigenvalue weighted by atomic mass is 35.5. The van der Waals surface area contributed by atoms with Gasteiger partial charge in [0.15, 0.2) is 0 Å². The van der Waals surface area contributed by atoms with Crippen molar-refractivity contribution in [1.82, 2.24) is 5.32 Å². The Bertz CT molecular complexity index is 479. The van der Waals surface area contributed by atoms with Gasteiger partial charge < -0.3 is 10.4 Å². The summed E-state index contributed by atoms with van der Waals surface area (Å²) in [5.41, 5.74) is 1.94. The molecule has 1 amide bonds. The molecule has 3 nitrogen and oxygen atoms in total. The van der Waals surface area contributed by atoms with Crippen LogP contribution in [0.3, 0.4) is 0 Å². The van der Waals surface area contributed by atoms with E-state index in [-0.39, 0.29) is 12.5 Å². The van der Waals surface area contributed by atoms with Gasteiger partial charge in [-0.25, -0.2) is 0 Å². The Morgan fingerprint density at radius 1 is 1.35 bits per heavy atom. The van der Waals surface area contributed by atoms with Crippen LogP contribution in [0.4, 0.5) is 0 Å². The second-order valence-corrected chi connectivity index (χ2v) is 6.39. The summed E-state index contributed by atoms with van der Waals surface area (Å²) in [6.07, 6.45) is 2.93. The van der Waals surface area contributed by atoms with Crippen LogP contribution in [-0.2, 0) is 4.79 Å². The van der Waals surface area contributed by atoms with Crippen LogP contribution in [0.5, 0.6) is 0 Å². The summed E-state index contributed by atoms with van der Waals surface area (Å²) >= 11 is 7.71. The van der Waals surface area contributed by atoms with Gasteiger partial charge in [0.05, 0.1) is 6.10 Å². The molecule has 1 aliphatic heterocycles. The zero-order valence-electron chi connectivity index (χ0n) is 11.1. The van der Waals surface area contributed by atoms with Gasteiger partial charge in [0.2, 0.25) is 5.91 Å². The van der Waals surface area contributed by atoms with Crippen LogP contribution >= 0.6 is 23.4 Å². The van der Waals surface area contributed by atoms with Gasteiger partial charge in [-0.15, -0.1) is 0 Å². The van der Waals surface area contributed by atoms with Gasteiger partial charge in [-0.3, -0.25) is 4.79 Å². The molecule has 1 unspecified atom stereocenters. The van der Waals surface area contributed by atoms with Gasteiger partial charge in [0, 0.05) is 17.6 Å². The monoisotopic (exact) mass is 311 g/mol. The number of carbonyl (C=O) groups excluding carboxylic acids is 1. The van der Waals surface area contributed by atoms with Crippen molar-refractivity contribution in [3.63, 3.8) is 0 Å². The molecule has 0 saturated carbocycles. The highest BCUT2D eigenvalue weighted by Crippen LogP contribution is 2.21. The van der Waals surface area contributed by atoms with Crippen molar-refractivity contribution in [1.29, 1.82) is 0 Å². The minimum absolute atomic E-state index is 0.125. The van der Waals surface area contributed by atoms with Crippen molar-refractivity contribution in [3.8, 4) is 0 Å². The number of amides is 1. The quantitative estimate of drug-likeness (QED) is 0.841. The van der Waals surface area contributed by atoms with E-state index in [1.807, 2.05) is 11.8 Å². The summed E-state index contributed by atoms with van der Waals surface area (Å²) in [5, 5.41) is 13.4. The molecule has 108 valence electrons. The van der Waals surface area contributed by atoms with E-state index in [4.69, 9.17) is 11.6 Å². The molecule has 1 aromatic carbocycles. The normalized spacial score (nSPS) is 16.6. The maximum atomic E-state index is 11.8. The highest BCUT2D eigenvalue weighted by Gasteiger charge is 2.10. The molecule has 2 N–H and O–H groups in total. The predicted octanol–water partition coefficient (Wildman–Crippen LogP) is 2.94. The smallest absolute Gasteiger partial charge is 0.244 e. The largest absolute Gasteiger partial charge is 0.387 e. The van der Waals surface area contributed by atoms with Gasteiger partial charge in [0.25, 0.3) is 0 Å². The van der Waals surface area contributed by atoms with Crippen LogP contribution in [0.25, 0.3) is 0 Å². The number of aliphatic hydroxyl groups excluding tert-OH is 1. The Labute approximate surface area is 128 Å². The van der Waals surface area contributed by atoms with E-state index in [1.54, 1.807) is 30.3 Å². The van der Waals surface area contributed by atoms with Crippen molar-refractivity contribution >= 4 is 29.3 Å². The molecule has 0 bridgehead atoms. The summed E-state index contributed by atoms with van der Waals surface area (Å²) < 4.78 is 0. The average molecular weight is 312 g/mol. The third-order valence-corrected chi connectivity index (χ3v) is 4.43. The van der Waals surface area contributed by atoms with Crippen LogP contribution in [0.1, 0.15) is 24.5 Å². The molecule has 0 spiro atoms. The second-order valence-electron chi connectivity index (χ2n) is 4.73. The van der Waals surface area contributed by atoms with Gasteiger partial charge in [0.1, 0.15) is 0 Å². The number of carbonyl (C=O) groups is 1. The maximum Gasteiger partial charge on any atom is 0.244 e. The minimum Gasteiger partial charge on any atom is -0.387 e. The zero-order valence-corrected chi connectivity index (χ0v) is 12.7. The summed E-state index contributed by atoms with van der Waals surface area (Å²) in [5.74, 6) is 2.05. The van der Waals surface area contributed by atoms with Crippen molar-refractivity contribution in [2.45, 2.75) is 18.9 Å². The SMILES string of the molecule is O=C(C=C1CCSCC1)NCC(O)c1ccc(Cl)cc1. The van der Waals surface area contributed by atoms with E-state index >= 15 is 0 Å². The Morgan fingerprint density at radius 3 is 2.65 bits per heavy atom. The fraction of sp³-hybridized carbons (Fsp3) is 0.400. The first kappa shape index (κ1) is 15.4. The predicted molar refractivity (Wildman–Crippen MR) is 84.1 cm³/mol. The first-order chi connectivity index (χ1) is 9.65. The Morgan fingerprint density at radius 2 is 2.00 bits per heavy atom. The third kappa shape index (κ3) is 4.85. The number of benzene rings is 1. The first-order valence-electron chi connectivity index (χ1n) is 6.63. The second kappa shape index (κ2) is 7.72. The molecular formula is C15H18ClNO2S. The zero-order chi connectivity index (χ0) is 14.4. The molecule has 1 aromatic rings. The van der Waals surface area contributed by atoms with Crippen molar-refractivity contribution < 1.29 is 9.90 Å². The molecule has 2 rings (SSSR count). The number of hydrogen-bond donors (Lipinski definition) is 2. The number of allylic oxidation sites excluding steroid dienone is 1. The van der Waals surface area contributed by atoms with E-state index in [0.717, 1.165) is 29.9 Å². The lowest BCUT2D eigenvalue weighted by Gasteiger charge is -2.14. The van der Waals surface area contributed by atoms with Crippen LogP contribution < -0.4 is 5.32 Å². The van der Waals surface area contributed by atoms with Crippen LogP contribution in [-0.4, -0.2) is 29.1 Å². The number of hydrogen-bond acceptors (Lipinski definition) is 3. The lowest BCUT2D eigenvalue weighted by atomic mass is 10.1. The number of nitrogens with one attached hydrogen (secondary N) is 1. The summed E-state index contributed by atoms with van der Waals surface area (Å²) in [7, 11) is 0. The van der Waals surface area contributed by atoms with Gasteiger partial charge in [-0.1, -0.05) is 29.3 Å². The molecule has 20 heavy (non-hydrogen) atoms. The number of thioether (sulfide) groups is 1. The number of halogens is 1. The van der Waals surface area contributed by atoms with E-state index < -0.39 is 6.10 Å². The number of aliphatic hydroxyl groups is 1. The van der Waals surface area contributed by atoms with E-state index in [9.17, 15) is 9.90 Å². The molecular weight excluding hydrogens is 294 g/mol. The number of rotatable bonds is 4. The Hall–Kier alpha value is -0.970. The fourth-order valence-electron chi connectivity index (χ4n) is 2.01. The van der Waals surface area contributed by atoms with Gasteiger partial charge in [-0.2, -0.15) is 11.8 Å². The van der Waals surface area contributed by atoms with Crippen molar-refractivity contribution in [2.75, 3.05) is 18.1 Å². The van der Waals surface area contributed by atoms with Gasteiger partial charge >= 0.3 is 0 Å². The third-order valence-electron chi connectivity index (χ3n) is 3.19. The Balaban J connectivity index is 1.82. The molecule has 1 aliphatic rings. The maximum absolute atomic E-state index is 11.8. The first-order valence-corrected chi connectivity index (χ1v) is 8.17. The van der Waals surface area contributed by atoms with E-state index in [2.05, 4.69) is 5.32 Å². The molecule has 0 aromatic heterocycles. The van der Waals surface area contributed by atoms with Crippen molar-refractivity contribution in [2.24, 2.45) is 0 Å². The van der Waals surface area contributed by atoms with E-state index in [0.29, 0.717) is 5.02 Å². The average Bonchev–Trinajstić information content (AvgIpc) is 2.46.